The van der Waals surface area contributed by atoms with Crippen LogP contribution >= 0.6 is 11.6 Å². The van der Waals surface area contributed by atoms with Crippen LogP contribution in [0, 0.1) is 0 Å². The second kappa shape index (κ2) is 2.95. The number of hydrogen-bond acceptors (Lipinski definition) is 2. The first-order chi connectivity index (χ1) is 5.84. The summed E-state index contributed by atoms with van der Waals surface area (Å²) in [4.78, 5) is 10.4. The maximum atomic E-state index is 12.6. The summed E-state index contributed by atoms with van der Waals surface area (Å²) in [5.41, 5.74) is -1.41. The third-order valence-corrected chi connectivity index (χ3v) is 1.62. The van der Waals surface area contributed by atoms with E-state index in [0.717, 1.165) is 10.9 Å². The predicted octanol–water partition coefficient (Wildman–Crippen LogP) is 1.41. The van der Waals surface area contributed by atoms with Gasteiger partial charge < -0.3 is 5.11 Å². The van der Waals surface area contributed by atoms with Gasteiger partial charge in [-0.15, -0.1) is 0 Å². The van der Waals surface area contributed by atoms with Gasteiger partial charge in [0.05, 0.1) is 6.20 Å². The lowest BCUT2D eigenvalue weighted by molar-refractivity contribution is 0.0643. The summed E-state index contributed by atoms with van der Waals surface area (Å²) in [7, 11) is 1.19. The molecule has 1 N–H and O–H groups in total. The van der Waals surface area contributed by atoms with Crippen LogP contribution in [0.5, 0.6) is 0 Å². The van der Waals surface area contributed by atoms with Crippen LogP contribution in [0.3, 0.4) is 0 Å². The number of carboxylic acids is 1. The van der Waals surface area contributed by atoms with Gasteiger partial charge in [-0.2, -0.15) is 13.9 Å². The molecule has 0 amide bonds. The molecule has 13 heavy (non-hydrogen) atoms. The lowest BCUT2D eigenvalue weighted by Crippen LogP contribution is -2.15. The number of carbonyl (C=O) groups is 1. The number of alkyl halides is 3. The highest BCUT2D eigenvalue weighted by Crippen LogP contribution is 2.34. The zero-order chi connectivity index (χ0) is 10.2. The molecule has 72 valence electrons. The first-order valence-corrected chi connectivity index (χ1v) is 3.54. The van der Waals surface area contributed by atoms with Crippen LogP contribution in [0.2, 0.25) is 0 Å². The van der Waals surface area contributed by atoms with E-state index in [4.69, 9.17) is 16.7 Å². The van der Waals surface area contributed by atoms with E-state index in [2.05, 4.69) is 5.10 Å². The fraction of sp³-hybridized carbons (Fsp3) is 0.333. The van der Waals surface area contributed by atoms with Gasteiger partial charge in [0.25, 0.3) is 0 Å². The Kier molecular flexibility index (Phi) is 2.25. The maximum Gasteiger partial charge on any atom is 0.365 e. The Labute approximate surface area is 76.7 Å². The lowest BCUT2D eigenvalue weighted by atomic mass is 10.2. The molecule has 4 nitrogen and oxygen atoms in total. The Bertz CT molecular complexity index is 345. The summed E-state index contributed by atoms with van der Waals surface area (Å²) in [6.45, 7) is 0. The van der Waals surface area contributed by atoms with Crippen molar-refractivity contribution in [3.63, 3.8) is 0 Å². The molecular weight excluding hydrogens is 206 g/mol. The molecule has 0 aliphatic rings. The van der Waals surface area contributed by atoms with Gasteiger partial charge in [-0.25, -0.2) is 4.79 Å². The first kappa shape index (κ1) is 9.91. The predicted molar refractivity (Wildman–Crippen MR) is 39.9 cm³/mol. The first-order valence-electron chi connectivity index (χ1n) is 3.16. The monoisotopic (exact) mass is 210 g/mol. The van der Waals surface area contributed by atoms with E-state index < -0.39 is 22.6 Å². The number of nitrogens with zero attached hydrogens (tertiary/aromatic N) is 2. The molecular formula is C6H5ClF2N2O2. The van der Waals surface area contributed by atoms with E-state index in [0.29, 0.717) is 0 Å². The average molecular weight is 211 g/mol. The summed E-state index contributed by atoms with van der Waals surface area (Å²) in [5, 5.41) is 8.15. The molecule has 0 aliphatic carbocycles. The zero-order valence-corrected chi connectivity index (χ0v) is 7.22. The van der Waals surface area contributed by atoms with Crippen LogP contribution in [0.4, 0.5) is 8.78 Å². The topological polar surface area (TPSA) is 55.1 Å². The Balaban J connectivity index is 3.33. The molecule has 0 atom stereocenters. The van der Waals surface area contributed by atoms with E-state index in [1.54, 1.807) is 0 Å². The normalized spacial score (nSPS) is 11.7. The molecule has 1 aromatic heterocycles. The summed E-state index contributed by atoms with van der Waals surface area (Å²) < 4.78 is 26.0. The number of carboxylic acid groups (broad SMARTS) is 1. The van der Waals surface area contributed by atoms with Gasteiger partial charge >= 0.3 is 11.4 Å². The minimum Gasteiger partial charge on any atom is -0.478 e. The lowest BCUT2D eigenvalue weighted by Gasteiger charge is -2.08. The van der Waals surface area contributed by atoms with E-state index in [-0.39, 0.29) is 0 Å². The fourth-order valence-corrected chi connectivity index (χ4v) is 1.15. The van der Waals surface area contributed by atoms with E-state index in [1.165, 1.54) is 7.05 Å². The number of aryl methyl sites for hydroxylation is 1. The van der Waals surface area contributed by atoms with Crippen molar-refractivity contribution in [3.05, 3.63) is 17.5 Å². The quantitative estimate of drug-likeness (QED) is 0.751. The molecule has 0 aliphatic heterocycles. The van der Waals surface area contributed by atoms with E-state index in [9.17, 15) is 13.6 Å². The largest absolute Gasteiger partial charge is 0.478 e. The standard InChI is InChI=1S/C6H5ClF2N2O2/c1-11-4(6(7,8)9)3(2-10-11)5(12)13/h2H,1H3,(H,12,13). The minimum absolute atomic E-state index is 0.595. The summed E-state index contributed by atoms with van der Waals surface area (Å²) in [6.07, 6.45) is 0.827. The van der Waals surface area contributed by atoms with Gasteiger partial charge in [0, 0.05) is 7.05 Å². The van der Waals surface area contributed by atoms with Crippen LogP contribution in [-0.4, -0.2) is 20.9 Å². The van der Waals surface area contributed by atoms with Gasteiger partial charge in [-0.05, 0) is 11.6 Å². The van der Waals surface area contributed by atoms with Crippen molar-refractivity contribution < 1.29 is 18.7 Å². The second-order valence-electron chi connectivity index (χ2n) is 2.33. The molecule has 1 rings (SSSR count). The van der Waals surface area contributed by atoms with Crippen LogP contribution in [0.1, 0.15) is 16.1 Å². The number of aromatic nitrogens is 2. The summed E-state index contributed by atoms with van der Waals surface area (Å²) in [6, 6.07) is 0. The van der Waals surface area contributed by atoms with Gasteiger partial charge in [0.2, 0.25) is 0 Å². The molecule has 7 heteroatoms. The Hall–Kier alpha value is -1.17. The third-order valence-electron chi connectivity index (χ3n) is 1.44. The number of halogens is 3. The van der Waals surface area contributed by atoms with Crippen molar-refractivity contribution in [2.24, 2.45) is 7.05 Å². The highest BCUT2D eigenvalue weighted by Gasteiger charge is 2.36. The average Bonchev–Trinajstić information content (AvgIpc) is 2.28. The smallest absolute Gasteiger partial charge is 0.365 e. The number of rotatable bonds is 2. The Morgan fingerprint density at radius 3 is 2.62 bits per heavy atom. The summed E-state index contributed by atoms with van der Waals surface area (Å²) in [5.74, 6) is -1.48. The molecule has 0 bridgehead atoms. The third kappa shape index (κ3) is 1.77. The molecule has 0 radical (unpaired) electrons. The minimum atomic E-state index is -3.72. The number of aromatic carboxylic acids is 1. The van der Waals surface area contributed by atoms with Gasteiger partial charge in [0.1, 0.15) is 11.3 Å². The van der Waals surface area contributed by atoms with Crippen molar-refractivity contribution in [2.75, 3.05) is 0 Å². The molecule has 0 saturated heterocycles. The van der Waals surface area contributed by atoms with Gasteiger partial charge in [-0.3, -0.25) is 4.68 Å². The molecule has 0 aromatic carbocycles. The summed E-state index contributed by atoms with van der Waals surface area (Å²) >= 11 is 4.70. The Morgan fingerprint density at radius 1 is 1.77 bits per heavy atom. The zero-order valence-electron chi connectivity index (χ0n) is 6.46. The molecule has 1 aromatic rings. The van der Waals surface area contributed by atoms with Crippen LogP contribution < -0.4 is 0 Å². The van der Waals surface area contributed by atoms with E-state index in [1.807, 2.05) is 0 Å². The highest BCUT2D eigenvalue weighted by molar-refractivity contribution is 6.22. The Morgan fingerprint density at radius 2 is 2.31 bits per heavy atom. The molecule has 0 saturated carbocycles. The van der Waals surface area contributed by atoms with Crippen LogP contribution in [0.15, 0.2) is 6.20 Å². The van der Waals surface area contributed by atoms with Crippen molar-refractivity contribution >= 4 is 17.6 Å². The maximum absolute atomic E-state index is 12.6. The van der Waals surface area contributed by atoms with E-state index >= 15 is 0 Å². The van der Waals surface area contributed by atoms with Crippen molar-refractivity contribution in [1.82, 2.24) is 9.78 Å². The fourth-order valence-electron chi connectivity index (χ4n) is 0.930. The number of hydrogen-bond donors (Lipinski definition) is 1. The molecule has 0 spiro atoms. The molecule has 1 heterocycles. The molecule has 0 fully saturated rings. The van der Waals surface area contributed by atoms with Crippen LogP contribution in [-0.2, 0) is 12.4 Å². The SMILES string of the molecule is Cn1ncc(C(=O)O)c1C(F)(F)Cl. The highest BCUT2D eigenvalue weighted by atomic mass is 35.5. The molecule has 0 unspecified atom stereocenters. The van der Waals surface area contributed by atoms with Gasteiger partial charge in [0.15, 0.2) is 0 Å². The second-order valence-corrected chi connectivity index (χ2v) is 2.81. The van der Waals surface area contributed by atoms with Gasteiger partial charge in [-0.1, -0.05) is 0 Å². The van der Waals surface area contributed by atoms with Crippen molar-refractivity contribution in [3.8, 4) is 0 Å². The van der Waals surface area contributed by atoms with Crippen molar-refractivity contribution in [1.29, 1.82) is 0 Å². The van der Waals surface area contributed by atoms with Crippen LogP contribution in [0.25, 0.3) is 0 Å². The van der Waals surface area contributed by atoms with Crippen molar-refractivity contribution in [2.45, 2.75) is 5.38 Å².